The Bertz CT molecular complexity index is 1150. The first-order chi connectivity index (χ1) is 13.4. The summed E-state index contributed by atoms with van der Waals surface area (Å²) >= 11 is 8.11. The smallest absolute Gasteiger partial charge is 0.294 e. The van der Waals surface area contributed by atoms with Gasteiger partial charge in [0.05, 0.1) is 35.4 Å². The van der Waals surface area contributed by atoms with Crippen LogP contribution in [-0.2, 0) is 21.3 Å². The average Bonchev–Trinajstić information content (AvgIpc) is 3.24. The Morgan fingerprint density at radius 3 is 2.46 bits per heavy atom. The number of fused-ring (bicyclic) bond motifs is 1. The number of benzene rings is 1. The summed E-state index contributed by atoms with van der Waals surface area (Å²) < 4.78 is 48.8. The third-order valence-electron chi connectivity index (χ3n) is 3.85. The van der Waals surface area contributed by atoms with E-state index in [1.807, 2.05) is 23.6 Å². The number of sulfonamides is 1. The highest BCUT2D eigenvalue weighted by Crippen LogP contribution is 2.33. The van der Waals surface area contributed by atoms with Crippen molar-refractivity contribution in [3.8, 4) is 11.5 Å². The molecule has 0 N–H and O–H groups in total. The third kappa shape index (κ3) is 4.36. The Kier molecular flexibility index (Phi) is 6.66. The van der Waals surface area contributed by atoms with Crippen LogP contribution in [-0.4, -0.2) is 40.4 Å². The van der Waals surface area contributed by atoms with Crippen molar-refractivity contribution in [1.82, 2.24) is 4.57 Å². The Morgan fingerprint density at radius 1 is 1.14 bits per heavy atom. The molecule has 0 unspecified atom stereocenters. The summed E-state index contributed by atoms with van der Waals surface area (Å²) in [5.41, 5.74) is 0.792. The van der Waals surface area contributed by atoms with E-state index in [9.17, 15) is 8.42 Å². The molecule has 152 valence electrons. The number of ether oxygens (including phenoxy) is 3. The lowest BCUT2D eigenvalue weighted by Crippen LogP contribution is -2.19. The third-order valence-corrected chi connectivity index (χ3v) is 7.97. The Hall–Kier alpha value is -1.59. The molecule has 0 radical (unpaired) electrons. The number of thiazole rings is 1. The molecule has 0 saturated heterocycles. The van der Waals surface area contributed by atoms with Gasteiger partial charge in [-0.3, -0.25) is 0 Å². The van der Waals surface area contributed by atoms with Gasteiger partial charge >= 0.3 is 0 Å². The fraction of sp³-hybridized carbons (Fsp3) is 0.353. The minimum absolute atomic E-state index is 0.0986. The predicted molar refractivity (Wildman–Crippen MR) is 111 cm³/mol. The van der Waals surface area contributed by atoms with Gasteiger partial charge in [-0.2, -0.15) is 8.42 Å². The number of halogens is 1. The molecule has 0 aliphatic carbocycles. The van der Waals surface area contributed by atoms with Crippen LogP contribution in [0.25, 0.3) is 10.2 Å². The van der Waals surface area contributed by atoms with Crippen LogP contribution in [0.5, 0.6) is 11.5 Å². The molecule has 1 aromatic carbocycles. The van der Waals surface area contributed by atoms with E-state index >= 15 is 0 Å². The van der Waals surface area contributed by atoms with Crippen LogP contribution in [0.3, 0.4) is 0 Å². The van der Waals surface area contributed by atoms with Crippen LogP contribution in [0, 0.1) is 0 Å². The maximum absolute atomic E-state index is 12.7. The van der Waals surface area contributed by atoms with Crippen molar-refractivity contribution in [2.75, 3.05) is 27.4 Å². The van der Waals surface area contributed by atoms with Crippen molar-refractivity contribution in [2.24, 2.45) is 4.40 Å². The lowest BCUT2D eigenvalue weighted by Gasteiger charge is -2.09. The molecule has 0 amide bonds. The molecule has 0 spiro atoms. The van der Waals surface area contributed by atoms with Gasteiger partial charge in [-0.1, -0.05) is 22.9 Å². The summed E-state index contributed by atoms with van der Waals surface area (Å²) in [7, 11) is -0.775. The van der Waals surface area contributed by atoms with E-state index in [1.54, 1.807) is 20.3 Å². The molecule has 2 aromatic heterocycles. The first kappa shape index (κ1) is 21.1. The van der Waals surface area contributed by atoms with Crippen molar-refractivity contribution < 1.29 is 22.6 Å². The van der Waals surface area contributed by atoms with E-state index in [1.165, 1.54) is 17.4 Å². The van der Waals surface area contributed by atoms with Crippen molar-refractivity contribution >= 4 is 54.5 Å². The average molecular weight is 463 g/mol. The van der Waals surface area contributed by atoms with E-state index in [-0.39, 0.29) is 4.21 Å². The highest BCUT2D eigenvalue weighted by atomic mass is 35.5. The van der Waals surface area contributed by atoms with Gasteiger partial charge in [0.15, 0.2) is 11.5 Å². The minimum atomic E-state index is -3.88. The van der Waals surface area contributed by atoms with E-state index in [0.717, 1.165) is 21.6 Å². The van der Waals surface area contributed by atoms with E-state index in [2.05, 4.69) is 4.40 Å². The molecule has 0 atom stereocenters. The van der Waals surface area contributed by atoms with E-state index in [4.69, 9.17) is 25.8 Å². The molecule has 0 aliphatic heterocycles. The number of methoxy groups -OCH3 is 2. The van der Waals surface area contributed by atoms with Crippen LogP contribution < -0.4 is 14.3 Å². The van der Waals surface area contributed by atoms with Gasteiger partial charge in [-0.25, -0.2) is 0 Å². The lowest BCUT2D eigenvalue weighted by atomic mass is 10.3. The number of rotatable bonds is 8. The second-order valence-corrected chi connectivity index (χ2v) is 10.1. The molecule has 3 rings (SSSR count). The van der Waals surface area contributed by atoms with Crippen LogP contribution in [0.1, 0.15) is 6.92 Å². The summed E-state index contributed by atoms with van der Waals surface area (Å²) in [4.78, 5) is 0.342. The zero-order valence-corrected chi connectivity index (χ0v) is 18.7. The molecule has 7 nitrogen and oxygen atoms in total. The first-order valence-electron chi connectivity index (χ1n) is 8.29. The number of hydrogen-bond donors (Lipinski definition) is 0. The van der Waals surface area contributed by atoms with Crippen molar-refractivity contribution in [3.05, 3.63) is 33.4 Å². The van der Waals surface area contributed by atoms with Crippen LogP contribution >= 0.6 is 34.3 Å². The molecule has 0 aliphatic rings. The fourth-order valence-electron chi connectivity index (χ4n) is 2.57. The van der Waals surface area contributed by atoms with Crippen molar-refractivity contribution in [1.29, 1.82) is 0 Å². The number of aromatic nitrogens is 1. The summed E-state index contributed by atoms with van der Waals surface area (Å²) in [6, 6.07) is 6.61. The predicted octanol–water partition coefficient (Wildman–Crippen LogP) is 3.76. The van der Waals surface area contributed by atoms with Crippen LogP contribution in [0.2, 0.25) is 4.34 Å². The minimum Gasteiger partial charge on any atom is -0.493 e. The fourth-order valence-corrected chi connectivity index (χ4v) is 6.30. The van der Waals surface area contributed by atoms with Gasteiger partial charge in [-0.05, 0) is 19.1 Å². The topological polar surface area (TPSA) is 79.1 Å². The second kappa shape index (κ2) is 8.83. The monoisotopic (exact) mass is 462 g/mol. The summed E-state index contributed by atoms with van der Waals surface area (Å²) in [6.45, 7) is 3.34. The lowest BCUT2D eigenvalue weighted by molar-refractivity contribution is 0.139. The number of nitrogens with zero attached hydrogens (tertiary/aromatic N) is 2. The molecule has 28 heavy (non-hydrogen) atoms. The number of thiophene rings is 1. The molecule has 0 fully saturated rings. The van der Waals surface area contributed by atoms with Gasteiger partial charge in [-0.15, -0.1) is 15.7 Å². The van der Waals surface area contributed by atoms with Crippen molar-refractivity contribution in [2.45, 2.75) is 17.7 Å². The Labute approximate surface area is 175 Å². The molecular formula is C17H19ClN2O5S3. The molecule has 3 aromatic rings. The highest BCUT2D eigenvalue weighted by Gasteiger charge is 2.18. The maximum atomic E-state index is 12.7. The Morgan fingerprint density at radius 2 is 1.86 bits per heavy atom. The molecule has 2 heterocycles. The van der Waals surface area contributed by atoms with Gasteiger partial charge in [0.2, 0.25) is 4.80 Å². The SMILES string of the molecule is CCOCCn1c(=NS(=O)(=O)c2ccc(Cl)s2)sc2cc(OC)c(OC)cc21. The molecular weight excluding hydrogens is 444 g/mol. The Balaban J connectivity index is 2.20. The maximum Gasteiger partial charge on any atom is 0.294 e. The molecule has 0 bridgehead atoms. The standard InChI is InChI=1S/C17H19ClN2O5S3/c1-4-25-8-7-20-11-9-12(23-2)13(24-3)10-14(11)26-17(20)19-28(21,22)16-6-5-15(18)27-16/h5-6,9-10H,4,7-8H2,1-3H3. The van der Waals surface area contributed by atoms with Crippen LogP contribution in [0.15, 0.2) is 32.9 Å². The van der Waals surface area contributed by atoms with Gasteiger partial charge in [0.1, 0.15) is 4.21 Å². The highest BCUT2D eigenvalue weighted by molar-refractivity contribution is 7.92. The number of hydrogen-bond acceptors (Lipinski definition) is 7. The zero-order valence-electron chi connectivity index (χ0n) is 15.5. The van der Waals surface area contributed by atoms with Crippen LogP contribution in [0.4, 0.5) is 0 Å². The van der Waals surface area contributed by atoms with E-state index in [0.29, 0.717) is 40.4 Å². The van der Waals surface area contributed by atoms with Gasteiger partial charge in [0.25, 0.3) is 10.0 Å². The van der Waals surface area contributed by atoms with E-state index < -0.39 is 10.0 Å². The van der Waals surface area contributed by atoms with Crippen molar-refractivity contribution in [3.63, 3.8) is 0 Å². The van der Waals surface area contributed by atoms with Gasteiger partial charge in [0, 0.05) is 25.3 Å². The molecule has 11 heteroatoms. The molecule has 0 saturated carbocycles. The summed E-state index contributed by atoms with van der Waals surface area (Å²) in [5.74, 6) is 1.12. The van der Waals surface area contributed by atoms with Gasteiger partial charge < -0.3 is 18.8 Å². The largest absolute Gasteiger partial charge is 0.493 e. The summed E-state index contributed by atoms with van der Waals surface area (Å²) in [6.07, 6.45) is 0. The second-order valence-electron chi connectivity index (χ2n) is 5.53. The zero-order chi connectivity index (χ0) is 20.3. The quantitative estimate of drug-likeness (QED) is 0.476. The normalized spacial score (nSPS) is 12.6. The first-order valence-corrected chi connectivity index (χ1v) is 11.7. The summed E-state index contributed by atoms with van der Waals surface area (Å²) in [5, 5.41) is 0.